The van der Waals surface area contributed by atoms with Gasteiger partial charge in [-0.15, -0.1) is 11.3 Å². The fraction of sp³-hybridized carbons (Fsp3) is 0.360. The first-order chi connectivity index (χ1) is 15.6. The number of rotatable bonds is 4. The van der Waals surface area contributed by atoms with Crippen LogP contribution in [0.4, 0.5) is 10.8 Å². The number of anilines is 2. The van der Waals surface area contributed by atoms with E-state index >= 15 is 0 Å². The molecule has 7 heteroatoms. The molecular weight excluding hydrogens is 420 g/mol. The SMILES string of the molecule is Cc1sc(NC(=O)c2ccccn2)nc1-c1ccc2c(c1)CCN2C(=O)C1CCCCC1. The average Bonchev–Trinajstić information content (AvgIpc) is 3.42. The molecule has 1 aliphatic heterocycles. The van der Waals surface area contributed by atoms with E-state index in [2.05, 4.69) is 27.4 Å². The summed E-state index contributed by atoms with van der Waals surface area (Å²) in [5.74, 6) is 0.206. The molecular formula is C25H26N4O2S. The third-order valence-electron chi connectivity index (χ3n) is 6.38. The predicted molar refractivity (Wildman–Crippen MR) is 127 cm³/mol. The topological polar surface area (TPSA) is 75.2 Å². The van der Waals surface area contributed by atoms with Crippen LogP contribution in [0.1, 0.15) is 53.0 Å². The molecule has 2 aliphatic rings. The molecule has 5 rings (SSSR count). The quantitative estimate of drug-likeness (QED) is 0.595. The predicted octanol–water partition coefficient (Wildman–Crippen LogP) is 5.24. The van der Waals surface area contributed by atoms with Crippen molar-refractivity contribution in [3.8, 4) is 11.3 Å². The first kappa shape index (κ1) is 20.8. The third kappa shape index (κ3) is 4.05. The molecule has 0 unspecified atom stereocenters. The summed E-state index contributed by atoms with van der Waals surface area (Å²) in [6, 6.07) is 11.5. The molecule has 0 spiro atoms. The number of aryl methyl sites for hydroxylation is 1. The molecule has 1 fully saturated rings. The summed E-state index contributed by atoms with van der Waals surface area (Å²) in [5.41, 5.74) is 4.48. The van der Waals surface area contributed by atoms with Crippen LogP contribution in [-0.2, 0) is 11.2 Å². The molecule has 2 amide bonds. The van der Waals surface area contributed by atoms with Crippen molar-refractivity contribution in [1.29, 1.82) is 0 Å². The molecule has 0 atom stereocenters. The van der Waals surface area contributed by atoms with Crippen molar-refractivity contribution < 1.29 is 9.59 Å². The van der Waals surface area contributed by atoms with E-state index in [9.17, 15) is 9.59 Å². The minimum absolute atomic E-state index is 0.181. The zero-order valence-corrected chi connectivity index (χ0v) is 19.0. The van der Waals surface area contributed by atoms with E-state index in [4.69, 9.17) is 0 Å². The maximum atomic E-state index is 13.1. The van der Waals surface area contributed by atoms with Gasteiger partial charge in [-0.3, -0.25) is 19.9 Å². The maximum absolute atomic E-state index is 13.1. The lowest BCUT2D eigenvalue weighted by atomic mass is 9.88. The first-order valence-electron chi connectivity index (χ1n) is 11.2. The van der Waals surface area contributed by atoms with E-state index in [-0.39, 0.29) is 11.8 Å². The number of aromatic nitrogens is 2. The Kier molecular flexibility index (Phi) is 5.74. The number of carbonyl (C=O) groups is 2. The highest BCUT2D eigenvalue weighted by Crippen LogP contribution is 2.37. The molecule has 1 saturated carbocycles. The number of nitrogens with one attached hydrogen (secondary N) is 1. The first-order valence-corrected chi connectivity index (χ1v) is 12.1. The van der Waals surface area contributed by atoms with Gasteiger partial charge in [0.05, 0.1) is 5.69 Å². The highest BCUT2D eigenvalue weighted by Gasteiger charge is 2.31. The number of pyridine rings is 1. The second kappa shape index (κ2) is 8.82. The molecule has 3 heterocycles. The van der Waals surface area contributed by atoms with Crippen molar-refractivity contribution in [2.45, 2.75) is 45.4 Å². The second-order valence-corrected chi connectivity index (χ2v) is 9.71. The molecule has 2 aromatic heterocycles. The van der Waals surface area contributed by atoms with Crippen molar-refractivity contribution in [2.75, 3.05) is 16.8 Å². The van der Waals surface area contributed by atoms with Crippen molar-refractivity contribution in [3.05, 3.63) is 58.7 Å². The van der Waals surface area contributed by atoms with Gasteiger partial charge < -0.3 is 4.90 Å². The van der Waals surface area contributed by atoms with Gasteiger partial charge in [-0.2, -0.15) is 0 Å². The summed E-state index contributed by atoms with van der Waals surface area (Å²) < 4.78 is 0. The Morgan fingerprint density at radius 1 is 1.12 bits per heavy atom. The van der Waals surface area contributed by atoms with Crippen LogP contribution in [0.2, 0.25) is 0 Å². The normalized spacial score (nSPS) is 16.1. The molecule has 3 aromatic rings. The number of hydrogen-bond acceptors (Lipinski definition) is 5. The molecule has 1 aliphatic carbocycles. The molecule has 32 heavy (non-hydrogen) atoms. The molecule has 1 aromatic carbocycles. The molecule has 164 valence electrons. The Labute approximate surface area is 191 Å². The molecule has 0 bridgehead atoms. The monoisotopic (exact) mass is 446 g/mol. The number of carbonyl (C=O) groups excluding carboxylic acids is 2. The summed E-state index contributed by atoms with van der Waals surface area (Å²) in [6.07, 6.45) is 8.09. The van der Waals surface area contributed by atoms with E-state index < -0.39 is 0 Å². The lowest BCUT2D eigenvalue weighted by Gasteiger charge is -2.26. The van der Waals surface area contributed by atoms with E-state index in [0.717, 1.165) is 47.6 Å². The van der Waals surface area contributed by atoms with Crippen molar-refractivity contribution in [3.63, 3.8) is 0 Å². The Balaban J connectivity index is 1.34. The largest absolute Gasteiger partial charge is 0.312 e. The molecule has 6 nitrogen and oxygen atoms in total. The Morgan fingerprint density at radius 2 is 1.97 bits per heavy atom. The lowest BCUT2D eigenvalue weighted by Crippen LogP contribution is -2.35. The van der Waals surface area contributed by atoms with Crippen LogP contribution in [0.5, 0.6) is 0 Å². The lowest BCUT2D eigenvalue weighted by molar-refractivity contribution is -0.123. The zero-order chi connectivity index (χ0) is 22.1. The Morgan fingerprint density at radius 3 is 2.75 bits per heavy atom. The summed E-state index contributed by atoms with van der Waals surface area (Å²) in [7, 11) is 0. The minimum Gasteiger partial charge on any atom is -0.312 e. The smallest absolute Gasteiger partial charge is 0.276 e. The Hall–Kier alpha value is -3.06. The van der Waals surface area contributed by atoms with Crippen molar-refractivity contribution in [2.24, 2.45) is 5.92 Å². The number of amides is 2. The van der Waals surface area contributed by atoms with Gasteiger partial charge in [0.1, 0.15) is 5.69 Å². The number of nitrogens with zero attached hydrogens (tertiary/aromatic N) is 3. The van der Waals surface area contributed by atoms with Gasteiger partial charge in [0.15, 0.2) is 5.13 Å². The van der Waals surface area contributed by atoms with Crippen LogP contribution >= 0.6 is 11.3 Å². The van der Waals surface area contributed by atoms with E-state index in [1.807, 2.05) is 17.9 Å². The summed E-state index contributed by atoms with van der Waals surface area (Å²) in [6.45, 7) is 2.77. The molecule has 0 radical (unpaired) electrons. The van der Waals surface area contributed by atoms with Crippen LogP contribution in [0.25, 0.3) is 11.3 Å². The average molecular weight is 447 g/mol. The zero-order valence-electron chi connectivity index (χ0n) is 18.1. The number of fused-ring (bicyclic) bond motifs is 1. The van der Waals surface area contributed by atoms with E-state index in [0.29, 0.717) is 16.7 Å². The van der Waals surface area contributed by atoms with Crippen LogP contribution in [-0.4, -0.2) is 28.3 Å². The summed E-state index contributed by atoms with van der Waals surface area (Å²) >= 11 is 1.45. The number of hydrogen-bond donors (Lipinski definition) is 1. The summed E-state index contributed by atoms with van der Waals surface area (Å²) in [4.78, 5) is 37.3. The van der Waals surface area contributed by atoms with Crippen molar-refractivity contribution in [1.82, 2.24) is 9.97 Å². The maximum Gasteiger partial charge on any atom is 0.276 e. The molecule has 1 N–H and O–H groups in total. The highest BCUT2D eigenvalue weighted by molar-refractivity contribution is 7.16. The standard InChI is InChI=1S/C25H26N4O2S/c1-16-22(27-25(32-16)28-23(30)20-9-5-6-13-26-20)19-10-11-21-18(15-19)12-14-29(21)24(31)17-7-3-2-4-8-17/h5-6,9-11,13,15,17H,2-4,7-8,12,14H2,1H3,(H,27,28,30). The van der Waals surface area contributed by atoms with E-state index in [1.54, 1.807) is 24.4 Å². The third-order valence-corrected chi connectivity index (χ3v) is 7.27. The summed E-state index contributed by atoms with van der Waals surface area (Å²) in [5, 5.41) is 3.41. The van der Waals surface area contributed by atoms with Crippen LogP contribution in [0, 0.1) is 12.8 Å². The van der Waals surface area contributed by atoms with Crippen molar-refractivity contribution >= 4 is 34.0 Å². The second-order valence-electron chi connectivity index (χ2n) is 8.51. The van der Waals surface area contributed by atoms with Crippen LogP contribution < -0.4 is 10.2 Å². The number of thiazole rings is 1. The Bertz CT molecular complexity index is 1150. The van der Waals surface area contributed by atoms with Crippen LogP contribution in [0.15, 0.2) is 42.6 Å². The van der Waals surface area contributed by atoms with Gasteiger partial charge in [0, 0.05) is 34.8 Å². The van der Waals surface area contributed by atoms with Gasteiger partial charge in [-0.25, -0.2) is 4.98 Å². The van der Waals surface area contributed by atoms with E-state index in [1.165, 1.54) is 36.2 Å². The fourth-order valence-electron chi connectivity index (χ4n) is 4.72. The fourth-order valence-corrected chi connectivity index (χ4v) is 5.55. The van der Waals surface area contributed by atoms with Gasteiger partial charge in [-0.1, -0.05) is 31.4 Å². The van der Waals surface area contributed by atoms with Gasteiger partial charge in [0.25, 0.3) is 5.91 Å². The van der Waals surface area contributed by atoms with Gasteiger partial charge >= 0.3 is 0 Å². The molecule has 0 saturated heterocycles. The van der Waals surface area contributed by atoms with Crippen LogP contribution in [0.3, 0.4) is 0 Å². The minimum atomic E-state index is -0.267. The van der Waals surface area contributed by atoms with Gasteiger partial charge in [-0.05, 0) is 56.0 Å². The number of benzene rings is 1. The van der Waals surface area contributed by atoms with Gasteiger partial charge in [0.2, 0.25) is 5.91 Å². The highest BCUT2D eigenvalue weighted by atomic mass is 32.1.